The van der Waals surface area contributed by atoms with Crippen molar-refractivity contribution in [2.24, 2.45) is 5.10 Å². The highest BCUT2D eigenvalue weighted by molar-refractivity contribution is 9.10. The Bertz CT molecular complexity index is 917. The number of alkyl halides is 3. The van der Waals surface area contributed by atoms with Gasteiger partial charge in [0.15, 0.2) is 0 Å². The minimum atomic E-state index is -5.10. The van der Waals surface area contributed by atoms with Gasteiger partial charge in [0.25, 0.3) is 11.6 Å². The van der Waals surface area contributed by atoms with E-state index in [1.165, 1.54) is 37.4 Å². The minimum Gasteiger partial charge on any atom is -0.497 e. The predicted molar refractivity (Wildman–Crippen MR) is 95.5 cm³/mol. The Morgan fingerprint density at radius 1 is 1.26 bits per heavy atom. The maximum Gasteiger partial charge on any atom is 0.438 e. The molecule has 1 unspecified atom stereocenters. The van der Waals surface area contributed by atoms with E-state index in [4.69, 9.17) is 4.74 Å². The quantitative estimate of drug-likeness (QED) is 0.782. The Balaban J connectivity index is 2.08. The summed E-state index contributed by atoms with van der Waals surface area (Å²) in [6.07, 6.45) is -5.99. The van der Waals surface area contributed by atoms with Crippen LogP contribution in [0.4, 0.5) is 13.2 Å². The second-order valence-electron chi connectivity index (χ2n) is 5.87. The van der Waals surface area contributed by atoms with Gasteiger partial charge < -0.3 is 9.84 Å². The summed E-state index contributed by atoms with van der Waals surface area (Å²) in [5, 5.41) is 14.3. The van der Waals surface area contributed by atoms with Crippen molar-refractivity contribution in [2.45, 2.75) is 18.3 Å². The van der Waals surface area contributed by atoms with Crippen LogP contribution in [0.2, 0.25) is 0 Å². The molecule has 1 aliphatic heterocycles. The lowest BCUT2D eigenvalue weighted by molar-refractivity contribution is -0.297. The van der Waals surface area contributed by atoms with Gasteiger partial charge in [-0.1, -0.05) is 24.3 Å². The number of nitrogens with zero attached hydrogens (tertiary/aromatic N) is 2. The normalized spacial score (nSPS) is 19.8. The number of carbonyl (C=O) groups is 1. The molecule has 2 aromatic rings. The molecule has 0 bridgehead atoms. The summed E-state index contributed by atoms with van der Waals surface area (Å²) >= 11 is 3.14. The number of hydrogen-bond donors (Lipinski definition) is 1. The lowest BCUT2D eigenvalue weighted by atomic mass is 10.0. The fourth-order valence-electron chi connectivity index (χ4n) is 2.69. The summed E-state index contributed by atoms with van der Waals surface area (Å²) in [6, 6.07) is 12.2. The van der Waals surface area contributed by atoms with Gasteiger partial charge in [-0.3, -0.25) is 4.79 Å². The lowest BCUT2D eigenvalue weighted by Gasteiger charge is -2.32. The van der Waals surface area contributed by atoms with Crippen molar-refractivity contribution >= 4 is 27.5 Å². The van der Waals surface area contributed by atoms with Gasteiger partial charge in [-0.2, -0.15) is 23.3 Å². The maximum absolute atomic E-state index is 13.7. The first-order valence-electron chi connectivity index (χ1n) is 7.77. The SMILES string of the molecule is COc1cccc(C2=NN(C(=O)c3ccccc3Br)C(O)(C(F)(F)F)C2)c1. The summed E-state index contributed by atoms with van der Waals surface area (Å²) in [7, 11) is 1.42. The smallest absolute Gasteiger partial charge is 0.438 e. The molecule has 5 nitrogen and oxygen atoms in total. The van der Waals surface area contributed by atoms with Crippen LogP contribution in [0.1, 0.15) is 22.3 Å². The molecule has 2 aromatic carbocycles. The first-order valence-corrected chi connectivity index (χ1v) is 8.57. The number of methoxy groups -OCH3 is 1. The van der Waals surface area contributed by atoms with E-state index >= 15 is 0 Å². The van der Waals surface area contributed by atoms with Gasteiger partial charge in [0, 0.05) is 10.0 Å². The molecular weight excluding hydrogens is 429 g/mol. The van der Waals surface area contributed by atoms with Crippen LogP contribution in [0.5, 0.6) is 5.75 Å². The van der Waals surface area contributed by atoms with E-state index in [1.807, 2.05) is 0 Å². The predicted octanol–water partition coefficient (Wildman–Crippen LogP) is 3.96. The van der Waals surface area contributed by atoms with Crippen molar-refractivity contribution in [3.8, 4) is 5.75 Å². The molecule has 0 fully saturated rings. The number of amides is 1. The van der Waals surface area contributed by atoms with Gasteiger partial charge in [0.05, 0.1) is 24.8 Å². The van der Waals surface area contributed by atoms with Gasteiger partial charge in [0.1, 0.15) is 5.75 Å². The average Bonchev–Trinajstić information content (AvgIpc) is 3.00. The molecule has 0 aliphatic carbocycles. The molecule has 27 heavy (non-hydrogen) atoms. The molecule has 1 heterocycles. The summed E-state index contributed by atoms with van der Waals surface area (Å²) in [5.74, 6) is -0.651. The maximum atomic E-state index is 13.7. The van der Waals surface area contributed by atoms with Crippen LogP contribution >= 0.6 is 15.9 Å². The molecule has 0 saturated heterocycles. The molecule has 1 aliphatic rings. The van der Waals surface area contributed by atoms with Crippen molar-refractivity contribution < 1.29 is 27.8 Å². The van der Waals surface area contributed by atoms with E-state index < -0.39 is 24.2 Å². The van der Waals surface area contributed by atoms with Crippen LogP contribution in [0.25, 0.3) is 0 Å². The third kappa shape index (κ3) is 3.44. The molecule has 1 N–H and O–H groups in total. The molecule has 0 aromatic heterocycles. The standard InChI is InChI=1S/C18H14BrF3N2O3/c1-27-12-6-4-5-11(9-12)15-10-17(26,18(20,21)22)24(23-15)16(25)13-7-2-3-8-14(13)19/h2-9,26H,10H2,1H3. The van der Waals surface area contributed by atoms with Gasteiger partial charge in [-0.05, 0) is 40.2 Å². The molecule has 0 radical (unpaired) electrons. The summed E-state index contributed by atoms with van der Waals surface area (Å²) in [6.45, 7) is 0. The molecule has 1 atom stereocenters. The molecular formula is C18H14BrF3N2O3. The van der Waals surface area contributed by atoms with E-state index in [2.05, 4.69) is 21.0 Å². The Labute approximate surface area is 161 Å². The molecule has 0 saturated carbocycles. The van der Waals surface area contributed by atoms with Gasteiger partial charge >= 0.3 is 6.18 Å². The zero-order valence-electron chi connectivity index (χ0n) is 14.0. The number of hydrogen-bond acceptors (Lipinski definition) is 4. The van der Waals surface area contributed by atoms with Gasteiger partial charge in [0.2, 0.25) is 0 Å². The third-order valence-electron chi connectivity index (χ3n) is 4.14. The summed E-state index contributed by atoms with van der Waals surface area (Å²) in [4.78, 5) is 12.7. The largest absolute Gasteiger partial charge is 0.497 e. The molecule has 1 amide bonds. The summed E-state index contributed by atoms with van der Waals surface area (Å²) in [5.41, 5.74) is -3.25. The van der Waals surface area contributed by atoms with Crippen LogP contribution in [0.15, 0.2) is 58.1 Å². The van der Waals surface area contributed by atoms with E-state index in [9.17, 15) is 23.1 Å². The lowest BCUT2D eigenvalue weighted by Crippen LogP contribution is -2.56. The topological polar surface area (TPSA) is 62.1 Å². The van der Waals surface area contributed by atoms with Gasteiger partial charge in [-0.15, -0.1) is 0 Å². The van der Waals surface area contributed by atoms with Crippen molar-refractivity contribution in [1.29, 1.82) is 0 Å². The first kappa shape index (κ1) is 19.4. The second kappa shape index (κ2) is 6.97. The highest BCUT2D eigenvalue weighted by atomic mass is 79.9. The fourth-order valence-corrected chi connectivity index (χ4v) is 3.15. The Hall–Kier alpha value is -2.39. The molecule has 0 spiro atoms. The van der Waals surface area contributed by atoms with E-state index in [0.717, 1.165) is 0 Å². The highest BCUT2D eigenvalue weighted by Gasteiger charge is 2.63. The van der Waals surface area contributed by atoms with E-state index in [1.54, 1.807) is 18.2 Å². The summed E-state index contributed by atoms with van der Waals surface area (Å²) < 4.78 is 46.3. The monoisotopic (exact) mass is 442 g/mol. The van der Waals surface area contributed by atoms with Crippen LogP contribution in [-0.4, -0.2) is 40.7 Å². The number of benzene rings is 2. The fraction of sp³-hybridized carbons (Fsp3) is 0.222. The number of halogens is 4. The first-order chi connectivity index (χ1) is 12.7. The van der Waals surface area contributed by atoms with Crippen molar-refractivity contribution in [1.82, 2.24) is 5.01 Å². The molecule has 9 heteroatoms. The zero-order valence-corrected chi connectivity index (χ0v) is 15.6. The van der Waals surface area contributed by atoms with E-state index in [0.29, 0.717) is 15.8 Å². The van der Waals surface area contributed by atoms with Crippen LogP contribution in [0, 0.1) is 0 Å². The Morgan fingerprint density at radius 3 is 2.59 bits per heavy atom. The van der Waals surface area contributed by atoms with E-state index in [-0.39, 0.29) is 16.3 Å². The zero-order chi connectivity index (χ0) is 19.8. The van der Waals surface area contributed by atoms with Crippen molar-refractivity contribution in [3.05, 3.63) is 64.1 Å². The highest BCUT2D eigenvalue weighted by Crippen LogP contribution is 2.42. The second-order valence-corrected chi connectivity index (χ2v) is 6.72. The van der Waals surface area contributed by atoms with Crippen LogP contribution in [0.3, 0.4) is 0 Å². The number of carbonyl (C=O) groups excluding carboxylic acids is 1. The molecule has 3 rings (SSSR count). The number of rotatable bonds is 3. The molecule has 142 valence electrons. The number of hydrazone groups is 1. The number of aliphatic hydroxyl groups is 1. The Morgan fingerprint density at radius 2 is 1.96 bits per heavy atom. The third-order valence-corrected chi connectivity index (χ3v) is 4.83. The van der Waals surface area contributed by atoms with Crippen LogP contribution < -0.4 is 4.74 Å². The number of ether oxygens (including phenoxy) is 1. The minimum absolute atomic E-state index is 0.0455. The van der Waals surface area contributed by atoms with Gasteiger partial charge in [-0.25, -0.2) is 0 Å². The Kier molecular flexibility index (Phi) is 5.00. The van der Waals surface area contributed by atoms with Crippen molar-refractivity contribution in [2.75, 3.05) is 7.11 Å². The van der Waals surface area contributed by atoms with Crippen molar-refractivity contribution in [3.63, 3.8) is 0 Å². The van der Waals surface area contributed by atoms with Crippen LogP contribution in [-0.2, 0) is 0 Å². The average molecular weight is 443 g/mol.